The summed E-state index contributed by atoms with van der Waals surface area (Å²) in [6, 6.07) is 25.9. The maximum atomic E-state index is 6.20. The molecule has 1 aromatic heterocycles. The van der Waals surface area contributed by atoms with Crippen molar-refractivity contribution in [3.05, 3.63) is 85.1 Å². The minimum absolute atomic E-state index is 0.283. The van der Waals surface area contributed by atoms with Crippen LogP contribution in [0.3, 0.4) is 0 Å². The zero-order valence-electron chi connectivity index (χ0n) is 17.3. The molecule has 5 heteroatoms. The van der Waals surface area contributed by atoms with E-state index in [1.54, 1.807) is 0 Å². The Morgan fingerprint density at radius 3 is 2.48 bits per heavy atom. The van der Waals surface area contributed by atoms with Crippen molar-refractivity contribution in [2.24, 2.45) is 0 Å². The second-order valence-corrected chi connectivity index (χ2v) is 7.71. The minimum Gasteiger partial charge on any atom is -0.490 e. The number of nitrogens with zero attached hydrogens (tertiary/aromatic N) is 1. The summed E-state index contributed by atoms with van der Waals surface area (Å²) in [5, 5.41) is 8.94. The van der Waals surface area contributed by atoms with Crippen molar-refractivity contribution in [3.63, 3.8) is 0 Å². The van der Waals surface area contributed by atoms with Crippen LogP contribution in [-0.4, -0.2) is 24.2 Å². The molecule has 0 unspecified atom stereocenters. The Balaban J connectivity index is 1.32. The van der Waals surface area contributed by atoms with Gasteiger partial charge in [-0.2, -0.15) is 0 Å². The van der Waals surface area contributed by atoms with E-state index >= 15 is 0 Å². The molecule has 4 aromatic rings. The molecule has 3 aromatic carbocycles. The van der Waals surface area contributed by atoms with Gasteiger partial charge in [-0.1, -0.05) is 24.3 Å². The molecule has 5 rings (SSSR count). The van der Waals surface area contributed by atoms with Gasteiger partial charge in [-0.05, 0) is 79.8 Å². The lowest BCUT2D eigenvalue weighted by molar-refractivity contribution is 0.162. The van der Waals surface area contributed by atoms with Crippen molar-refractivity contribution in [1.82, 2.24) is 10.3 Å². The molecule has 31 heavy (non-hydrogen) atoms. The van der Waals surface area contributed by atoms with Crippen LogP contribution in [0.2, 0.25) is 0 Å². The van der Waals surface area contributed by atoms with Crippen molar-refractivity contribution < 1.29 is 9.47 Å². The summed E-state index contributed by atoms with van der Waals surface area (Å²) in [6.07, 6.45) is 4.26. The molecule has 0 radical (unpaired) electrons. The third kappa shape index (κ3) is 4.95. The third-order valence-corrected chi connectivity index (χ3v) is 5.37. The first kappa shape index (κ1) is 19.4. The van der Waals surface area contributed by atoms with Gasteiger partial charge in [0.1, 0.15) is 29.2 Å². The normalized spacial score (nSPS) is 14.3. The SMILES string of the molecule is c1ccc(Oc2cccc(Nc3cc4cc(OC5CCNCC5)ccc4cn3)c2)cc1. The molecule has 0 bridgehead atoms. The Morgan fingerprint density at radius 2 is 1.61 bits per heavy atom. The zero-order valence-corrected chi connectivity index (χ0v) is 17.3. The van der Waals surface area contributed by atoms with Gasteiger partial charge in [-0.3, -0.25) is 0 Å². The average Bonchev–Trinajstić information content (AvgIpc) is 2.80. The fourth-order valence-corrected chi connectivity index (χ4v) is 3.78. The van der Waals surface area contributed by atoms with E-state index in [2.05, 4.69) is 33.8 Å². The number of ether oxygens (including phenoxy) is 2. The molecule has 0 spiro atoms. The first-order chi connectivity index (χ1) is 15.3. The van der Waals surface area contributed by atoms with Crippen LogP contribution in [-0.2, 0) is 0 Å². The van der Waals surface area contributed by atoms with Crippen molar-refractivity contribution in [3.8, 4) is 17.2 Å². The fraction of sp³-hybridized carbons (Fsp3) is 0.192. The molecule has 0 aliphatic carbocycles. The molecule has 156 valence electrons. The third-order valence-electron chi connectivity index (χ3n) is 5.37. The number of pyridine rings is 1. The lowest BCUT2D eigenvalue weighted by Gasteiger charge is -2.24. The Kier molecular flexibility index (Phi) is 5.67. The number of rotatable bonds is 6. The molecule has 1 fully saturated rings. The Bertz CT molecular complexity index is 1160. The first-order valence-corrected chi connectivity index (χ1v) is 10.7. The van der Waals surface area contributed by atoms with Crippen LogP contribution in [0.4, 0.5) is 11.5 Å². The fourth-order valence-electron chi connectivity index (χ4n) is 3.78. The van der Waals surface area contributed by atoms with E-state index in [-0.39, 0.29) is 6.10 Å². The topological polar surface area (TPSA) is 55.4 Å². The van der Waals surface area contributed by atoms with Crippen LogP contribution in [0.25, 0.3) is 10.8 Å². The highest BCUT2D eigenvalue weighted by molar-refractivity contribution is 5.85. The summed E-state index contributed by atoms with van der Waals surface area (Å²) in [5.41, 5.74) is 0.919. The minimum atomic E-state index is 0.283. The summed E-state index contributed by atoms with van der Waals surface area (Å²) in [4.78, 5) is 4.56. The molecule has 0 amide bonds. The van der Waals surface area contributed by atoms with E-state index in [0.717, 1.165) is 65.5 Å². The van der Waals surface area contributed by atoms with Gasteiger partial charge in [0, 0.05) is 23.3 Å². The predicted octanol–water partition coefficient (Wildman–Crippen LogP) is 5.90. The number of piperidine rings is 1. The van der Waals surface area contributed by atoms with E-state index in [1.165, 1.54) is 0 Å². The predicted molar refractivity (Wildman–Crippen MR) is 125 cm³/mol. The molecule has 0 saturated carbocycles. The smallest absolute Gasteiger partial charge is 0.130 e. The molecule has 1 saturated heterocycles. The van der Waals surface area contributed by atoms with Gasteiger partial charge >= 0.3 is 0 Å². The van der Waals surface area contributed by atoms with Gasteiger partial charge in [0.25, 0.3) is 0 Å². The zero-order chi connectivity index (χ0) is 20.9. The van der Waals surface area contributed by atoms with Crippen LogP contribution < -0.4 is 20.1 Å². The summed E-state index contributed by atoms with van der Waals surface area (Å²) >= 11 is 0. The lowest BCUT2D eigenvalue weighted by Crippen LogP contribution is -2.34. The Labute approximate surface area is 182 Å². The second-order valence-electron chi connectivity index (χ2n) is 7.71. The van der Waals surface area contributed by atoms with Gasteiger partial charge in [0.2, 0.25) is 0 Å². The largest absolute Gasteiger partial charge is 0.490 e. The van der Waals surface area contributed by atoms with E-state index in [4.69, 9.17) is 9.47 Å². The number of fused-ring (bicyclic) bond motifs is 1. The van der Waals surface area contributed by atoms with Crippen LogP contribution in [0.1, 0.15) is 12.8 Å². The number of para-hydroxylation sites is 1. The number of anilines is 2. The molecule has 2 N–H and O–H groups in total. The number of benzene rings is 3. The lowest BCUT2D eigenvalue weighted by atomic mass is 10.1. The molecule has 0 atom stereocenters. The van der Waals surface area contributed by atoms with Crippen LogP contribution in [0.15, 0.2) is 85.1 Å². The molecular formula is C26H25N3O2. The highest BCUT2D eigenvalue weighted by atomic mass is 16.5. The number of hydrogen-bond donors (Lipinski definition) is 2. The first-order valence-electron chi connectivity index (χ1n) is 10.7. The summed E-state index contributed by atoms with van der Waals surface area (Å²) in [6.45, 7) is 2.03. The summed E-state index contributed by atoms with van der Waals surface area (Å²) in [5.74, 6) is 3.28. The van der Waals surface area contributed by atoms with Gasteiger partial charge in [0.05, 0.1) is 0 Å². The molecule has 2 heterocycles. The second kappa shape index (κ2) is 9.06. The number of hydrogen-bond acceptors (Lipinski definition) is 5. The van der Waals surface area contributed by atoms with Crippen molar-refractivity contribution in [2.75, 3.05) is 18.4 Å². The molecule has 5 nitrogen and oxygen atoms in total. The van der Waals surface area contributed by atoms with Gasteiger partial charge in [-0.25, -0.2) is 4.98 Å². The van der Waals surface area contributed by atoms with Crippen LogP contribution in [0.5, 0.6) is 17.2 Å². The van der Waals surface area contributed by atoms with Crippen LogP contribution in [0, 0.1) is 0 Å². The van der Waals surface area contributed by atoms with E-state index in [0.29, 0.717) is 0 Å². The monoisotopic (exact) mass is 411 g/mol. The quantitative estimate of drug-likeness (QED) is 0.414. The highest BCUT2D eigenvalue weighted by Crippen LogP contribution is 2.28. The van der Waals surface area contributed by atoms with Crippen molar-refractivity contribution >= 4 is 22.3 Å². The molecule has 1 aliphatic heterocycles. The molecule has 1 aliphatic rings. The van der Waals surface area contributed by atoms with E-state index < -0.39 is 0 Å². The van der Waals surface area contributed by atoms with Crippen molar-refractivity contribution in [1.29, 1.82) is 0 Å². The van der Waals surface area contributed by atoms with Gasteiger partial charge < -0.3 is 20.1 Å². The van der Waals surface area contributed by atoms with E-state index in [9.17, 15) is 0 Å². The van der Waals surface area contributed by atoms with Gasteiger partial charge in [0.15, 0.2) is 0 Å². The Morgan fingerprint density at radius 1 is 0.774 bits per heavy atom. The Hall–Kier alpha value is -3.57. The van der Waals surface area contributed by atoms with E-state index in [1.807, 2.05) is 66.9 Å². The average molecular weight is 412 g/mol. The van der Waals surface area contributed by atoms with Crippen molar-refractivity contribution in [2.45, 2.75) is 18.9 Å². The maximum absolute atomic E-state index is 6.20. The number of nitrogens with one attached hydrogen (secondary N) is 2. The maximum Gasteiger partial charge on any atom is 0.130 e. The standard InChI is InChI=1S/C26H25N3O2/c1-2-6-22(7-3-1)30-24-8-4-5-21(17-24)29-26-16-20-15-25(10-9-19(20)18-28-26)31-23-11-13-27-14-12-23/h1-10,15-18,23,27H,11-14H2,(H,28,29). The van der Waals surface area contributed by atoms with Crippen LogP contribution >= 0.6 is 0 Å². The number of aromatic nitrogens is 1. The summed E-state index contributed by atoms with van der Waals surface area (Å²) in [7, 11) is 0. The van der Waals surface area contributed by atoms with Gasteiger partial charge in [-0.15, -0.1) is 0 Å². The molecular weight excluding hydrogens is 386 g/mol. The summed E-state index contributed by atoms with van der Waals surface area (Å²) < 4.78 is 12.1. The highest BCUT2D eigenvalue weighted by Gasteiger charge is 2.14.